The summed E-state index contributed by atoms with van der Waals surface area (Å²) in [6.45, 7) is 7.91. The molecule has 5 heteroatoms. The largest absolute Gasteiger partial charge is 0.497 e. The van der Waals surface area contributed by atoms with Crippen molar-refractivity contribution in [1.29, 1.82) is 0 Å². The zero-order valence-corrected chi connectivity index (χ0v) is 15.1. The molecule has 0 saturated carbocycles. The number of methoxy groups -OCH3 is 1. The Labute approximate surface area is 139 Å². The van der Waals surface area contributed by atoms with Gasteiger partial charge < -0.3 is 15.4 Å². The van der Waals surface area contributed by atoms with E-state index in [1.807, 2.05) is 12.1 Å². The zero-order valence-electron chi connectivity index (χ0n) is 12.8. The minimum atomic E-state index is 0. The number of nitrogens with one attached hydrogen (secondary N) is 2. The third-order valence-corrected chi connectivity index (χ3v) is 2.57. The number of nitrogens with zero attached hydrogens (tertiary/aromatic N) is 1. The van der Waals surface area contributed by atoms with E-state index in [0.29, 0.717) is 6.04 Å². The second-order valence-corrected chi connectivity index (χ2v) is 4.66. The lowest BCUT2D eigenvalue weighted by Gasteiger charge is -2.13. The first-order valence-corrected chi connectivity index (χ1v) is 6.83. The first kappa shape index (κ1) is 19.0. The maximum atomic E-state index is 5.21. The minimum Gasteiger partial charge on any atom is -0.497 e. The third kappa shape index (κ3) is 7.57. The molecule has 0 amide bonds. The maximum absolute atomic E-state index is 5.21. The van der Waals surface area contributed by atoms with E-state index in [4.69, 9.17) is 4.74 Å². The van der Waals surface area contributed by atoms with Crippen LogP contribution < -0.4 is 15.4 Å². The van der Waals surface area contributed by atoms with Crippen molar-refractivity contribution in [3.05, 3.63) is 29.8 Å². The highest BCUT2D eigenvalue weighted by atomic mass is 127. The molecule has 0 heterocycles. The average molecular weight is 391 g/mol. The average Bonchev–Trinajstić information content (AvgIpc) is 2.38. The molecule has 1 rings (SSSR count). The summed E-state index contributed by atoms with van der Waals surface area (Å²) in [5.41, 5.74) is 1.24. The van der Waals surface area contributed by atoms with Crippen LogP contribution in [0.2, 0.25) is 0 Å². The van der Waals surface area contributed by atoms with Gasteiger partial charge >= 0.3 is 0 Å². The molecule has 20 heavy (non-hydrogen) atoms. The van der Waals surface area contributed by atoms with Crippen molar-refractivity contribution in [3.8, 4) is 5.75 Å². The summed E-state index contributed by atoms with van der Waals surface area (Å²) in [7, 11) is 1.69. The minimum absolute atomic E-state index is 0. The molecule has 1 aromatic rings. The Bertz CT molecular complexity index is 408. The lowest BCUT2D eigenvalue weighted by Crippen LogP contribution is -2.41. The Morgan fingerprint density at radius 3 is 2.70 bits per heavy atom. The van der Waals surface area contributed by atoms with Crippen LogP contribution in [0.5, 0.6) is 5.75 Å². The number of aliphatic imine (C=N–C) groups is 1. The SMILES string of the molecule is CCNC(=NCCc1cccc(OC)c1)NC(C)C.I. The van der Waals surface area contributed by atoms with Crippen LogP contribution in [0.25, 0.3) is 0 Å². The first-order chi connectivity index (χ1) is 9.15. The van der Waals surface area contributed by atoms with Crippen LogP contribution in [-0.2, 0) is 6.42 Å². The van der Waals surface area contributed by atoms with Gasteiger partial charge in [-0.3, -0.25) is 4.99 Å². The van der Waals surface area contributed by atoms with Crippen LogP contribution in [0.4, 0.5) is 0 Å². The first-order valence-electron chi connectivity index (χ1n) is 6.83. The predicted octanol–water partition coefficient (Wildman–Crippen LogP) is 2.82. The van der Waals surface area contributed by atoms with E-state index in [-0.39, 0.29) is 24.0 Å². The summed E-state index contributed by atoms with van der Waals surface area (Å²) < 4.78 is 5.21. The fourth-order valence-electron chi connectivity index (χ4n) is 1.72. The highest BCUT2D eigenvalue weighted by Gasteiger charge is 2.00. The van der Waals surface area contributed by atoms with Gasteiger partial charge in [-0.2, -0.15) is 0 Å². The topological polar surface area (TPSA) is 45.7 Å². The van der Waals surface area contributed by atoms with Crippen molar-refractivity contribution < 1.29 is 4.74 Å². The fourth-order valence-corrected chi connectivity index (χ4v) is 1.72. The van der Waals surface area contributed by atoms with E-state index in [9.17, 15) is 0 Å². The van der Waals surface area contributed by atoms with Gasteiger partial charge in [0.2, 0.25) is 0 Å². The number of hydrogen-bond donors (Lipinski definition) is 2. The normalized spacial score (nSPS) is 10.9. The summed E-state index contributed by atoms with van der Waals surface area (Å²) in [5.74, 6) is 1.77. The second-order valence-electron chi connectivity index (χ2n) is 4.66. The molecule has 0 fully saturated rings. The number of guanidine groups is 1. The molecular weight excluding hydrogens is 365 g/mol. The molecule has 0 aliphatic heterocycles. The Morgan fingerprint density at radius 2 is 2.10 bits per heavy atom. The van der Waals surface area contributed by atoms with Crippen LogP contribution in [-0.4, -0.2) is 32.2 Å². The van der Waals surface area contributed by atoms with E-state index in [1.165, 1.54) is 5.56 Å². The van der Waals surface area contributed by atoms with Crippen LogP contribution in [0, 0.1) is 0 Å². The van der Waals surface area contributed by atoms with Gasteiger partial charge in [0.05, 0.1) is 7.11 Å². The van der Waals surface area contributed by atoms with E-state index in [1.54, 1.807) is 7.11 Å². The number of rotatable bonds is 6. The van der Waals surface area contributed by atoms with E-state index in [2.05, 4.69) is 48.5 Å². The van der Waals surface area contributed by atoms with Gasteiger partial charge in [0.1, 0.15) is 5.75 Å². The highest BCUT2D eigenvalue weighted by molar-refractivity contribution is 14.0. The number of hydrogen-bond acceptors (Lipinski definition) is 2. The van der Waals surface area contributed by atoms with Gasteiger partial charge in [-0.05, 0) is 44.9 Å². The Hall–Kier alpha value is -0.980. The van der Waals surface area contributed by atoms with Crippen LogP contribution in [0.3, 0.4) is 0 Å². The molecule has 0 spiro atoms. The Kier molecular flexibility index (Phi) is 10.2. The summed E-state index contributed by atoms with van der Waals surface area (Å²) in [6.07, 6.45) is 0.909. The molecular formula is C15H26IN3O. The maximum Gasteiger partial charge on any atom is 0.191 e. The van der Waals surface area contributed by atoms with E-state index >= 15 is 0 Å². The summed E-state index contributed by atoms with van der Waals surface area (Å²) in [4.78, 5) is 4.56. The van der Waals surface area contributed by atoms with Crippen molar-refractivity contribution in [2.75, 3.05) is 20.2 Å². The molecule has 0 aliphatic rings. The van der Waals surface area contributed by atoms with Gasteiger partial charge in [-0.15, -0.1) is 24.0 Å². The van der Waals surface area contributed by atoms with E-state index < -0.39 is 0 Å². The van der Waals surface area contributed by atoms with Gasteiger partial charge in [0, 0.05) is 19.1 Å². The summed E-state index contributed by atoms with van der Waals surface area (Å²) in [6, 6.07) is 8.50. The smallest absolute Gasteiger partial charge is 0.191 e. The zero-order chi connectivity index (χ0) is 14.1. The highest BCUT2D eigenvalue weighted by Crippen LogP contribution is 2.12. The molecule has 0 saturated heterocycles. The van der Waals surface area contributed by atoms with Crippen LogP contribution in [0.1, 0.15) is 26.3 Å². The van der Waals surface area contributed by atoms with Crippen LogP contribution in [0.15, 0.2) is 29.3 Å². The van der Waals surface area contributed by atoms with Crippen molar-refractivity contribution in [2.24, 2.45) is 4.99 Å². The standard InChI is InChI=1S/C15H25N3O.HI/c1-5-16-15(18-12(2)3)17-10-9-13-7-6-8-14(11-13)19-4;/h6-8,11-12H,5,9-10H2,1-4H3,(H2,16,17,18);1H. The molecule has 2 N–H and O–H groups in total. The monoisotopic (exact) mass is 391 g/mol. The predicted molar refractivity (Wildman–Crippen MR) is 96.4 cm³/mol. The van der Waals surface area contributed by atoms with Crippen LogP contribution >= 0.6 is 24.0 Å². The quantitative estimate of drug-likeness (QED) is 0.446. The van der Waals surface area contributed by atoms with E-state index in [0.717, 1.165) is 31.2 Å². The number of ether oxygens (including phenoxy) is 1. The van der Waals surface area contributed by atoms with Gasteiger partial charge in [-0.25, -0.2) is 0 Å². The molecule has 4 nitrogen and oxygen atoms in total. The van der Waals surface area contributed by atoms with Gasteiger partial charge in [0.25, 0.3) is 0 Å². The Morgan fingerprint density at radius 1 is 1.35 bits per heavy atom. The van der Waals surface area contributed by atoms with Gasteiger partial charge in [0.15, 0.2) is 5.96 Å². The molecule has 0 atom stereocenters. The molecule has 0 unspecified atom stereocenters. The summed E-state index contributed by atoms with van der Waals surface area (Å²) >= 11 is 0. The molecule has 0 aromatic heterocycles. The molecule has 1 aromatic carbocycles. The Balaban J connectivity index is 0.00000361. The van der Waals surface area contributed by atoms with Crippen molar-refractivity contribution in [2.45, 2.75) is 33.2 Å². The molecule has 0 bridgehead atoms. The molecule has 0 radical (unpaired) electrons. The second kappa shape index (κ2) is 10.8. The lowest BCUT2D eigenvalue weighted by molar-refractivity contribution is 0.414. The number of benzene rings is 1. The molecule has 0 aliphatic carbocycles. The number of halogens is 1. The third-order valence-electron chi connectivity index (χ3n) is 2.57. The van der Waals surface area contributed by atoms with Gasteiger partial charge in [-0.1, -0.05) is 12.1 Å². The summed E-state index contributed by atoms with van der Waals surface area (Å²) in [5, 5.41) is 6.54. The lowest BCUT2D eigenvalue weighted by atomic mass is 10.1. The van der Waals surface area contributed by atoms with Crippen molar-refractivity contribution in [3.63, 3.8) is 0 Å². The van der Waals surface area contributed by atoms with Crippen molar-refractivity contribution in [1.82, 2.24) is 10.6 Å². The molecule has 114 valence electrons. The fraction of sp³-hybridized carbons (Fsp3) is 0.533. The van der Waals surface area contributed by atoms with Crippen molar-refractivity contribution >= 4 is 29.9 Å².